The van der Waals surface area contributed by atoms with E-state index in [0.717, 1.165) is 4.88 Å². The molecule has 3 heterocycles. The zero-order valence-corrected chi connectivity index (χ0v) is 17.1. The first-order chi connectivity index (χ1) is 14.0. The summed E-state index contributed by atoms with van der Waals surface area (Å²) in [5.74, 6) is 0.493. The number of hydrogen-bond donors (Lipinski definition) is 1. The second-order valence-electron chi connectivity index (χ2n) is 6.21. The maximum Gasteiger partial charge on any atom is 0.263 e. The minimum absolute atomic E-state index is 0.0131. The summed E-state index contributed by atoms with van der Waals surface area (Å²) >= 11 is 1.48. The number of benzene rings is 1. The van der Waals surface area contributed by atoms with E-state index in [0.29, 0.717) is 17.3 Å². The second kappa shape index (κ2) is 7.84. The molecule has 0 bridgehead atoms. The van der Waals surface area contributed by atoms with Crippen molar-refractivity contribution >= 4 is 33.0 Å². The zero-order chi connectivity index (χ0) is 20.4. The molecule has 9 nitrogen and oxygen atoms in total. The van der Waals surface area contributed by atoms with Crippen LogP contribution in [0.2, 0.25) is 0 Å². The highest BCUT2D eigenvalue weighted by atomic mass is 32.2. The predicted octanol–water partition coefficient (Wildman–Crippen LogP) is 2.03. The number of carbonyl (C=O) groups is 1. The molecule has 152 valence electrons. The molecule has 0 spiro atoms. The van der Waals surface area contributed by atoms with Crippen molar-refractivity contribution in [3.8, 4) is 16.5 Å². The third-order valence-electron chi connectivity index (χ3n) is 4.35. The number of hydrogen-bond acceptors (Lipinski definition) is 8. The van der Waals surface area contributed by atoms with Gasteiger partial charge in [0, 0.05) is 0 Å². The van der Waals surface area contributed by atoms with Gasteiger partial charge in [0.1, 0.15) is 5.75 Å². The summed E-state index contributed by atoms with van der Waals surface area (Å²) in [7, 11) is -3.56. The summed E-state index contributed by atoms with van der Waals surface area (Å²) in [6.45, 7) is 1.46. The van der Waals surface area contributed by atoms with E-state index in [1.165, 1.54) is 15.6 Å². The summed E-state index contributed by atoms with van der Waals surface area (Å²) in [5.41, 5.74) is 0.427. The number of nitrogens with one attached hydrogen (secondary N) is 1. The average Bonchev–Trinajstić information content (AvgIpc) is 3.42. The fraction of sp³-hybridized carbons (Fsp3) is 0.278. The van der Waals surface area contributed by atoms with E-state index in [1.54, 1.807) is 31.2 Å². The van der Waals surface area contributed by atoms with Gasteiger partial charge >= 0.3 is 0 Å². The Hall–Kier alpha value is -2.92. The maximum atomic E-state index is 12.6. The van der Waals surface area contributed by atoms with Gasteiger partial charge in [0.05, 0.1) is 29.4 Å². The highest BCUT2D eigenvalue weighted by Crippen LogP contribution is 2.35. The Bertz CT molecular complexity index is 1110. The summed E-state index contributed by atoms with van der Waals surface area (Å²) in [4.78, 5) is 17.7. The Balaban J connectivity index is 1.46. The Morgan fingerprint density at radius 2 is 2.14 bits per heavy atom. The SMILES string of the molecule is CCS(=O)(=O)N1C[C@@H](C(=O)NCc2nc(-c3cccs3)no2)Oc2ccccc21. The molecule has 1 N–H and O–H groups in total. The topological polar surface area (TPSA) is 115 Å². The van der Waals surface area contributed by atoms with Crippen molar-refractivity contribution in [2.24, 2.45) is 0 Å². The molecule has 1 atom stereocenters. The van der Waals surface area contributed by atoms with Crippen LogP contribution in [0.4, 0.5) is 5.69 Å². The molecule has 0 radical (unpaired) electrons. The van der Waals surface area contributed by atoms with Crippen molar-refractivity contribution < 1.29 is 22.5 Å². The molecule has 1 aromatic carbocycles. The monoisotopic (exact) mass is 434 g/mol. The van der Waals surface area contributed by atoms with Gasteiger partial charge in [-0.2, -0.15) is 4.98 Å². The number of thiophene rings is 1. The van der Waals surface area contributed by atoms with E-state index in [1.807, 2.05) is 17.5 Å². The fourth-order valence-corrected chi connectivity index (χ4v) is 4.64. The Kier molecular flexibility index (Phi) is 5.24. The van der Waals surface area contributed by atoms with Crippen LogP contribution < -0.4 is 14.4 Å². The number of para-hydroxylation sites is 2. The van der Waals surface area contributed by atoms with Crippen LogP contribution in [0.1, 0.15) is 12.8 Å². The van der Waals surface area contributed by atoms with E-state index < -0.39 is 22.0 Å². The standard InChI is InChI=1S/C18H18N4O5S2/c1-2-29(24,25)22-11-14(26-13-7-4-3-6-12(13)22)18(23)19-10-16-20-17(21-27-16)15-8-5-9-28-15/h3-9,14H,2,10-11H2,1H3,(H,19,23)/t14-/m0/s1. The van der Waals surface area contributed by atoms with Crippen LogP contribution >= 0.6 is 11.3 Å². The first-order valence-corrected chi connectivity index (χ1v) is 11.4. The third-order valence-corrected chi connectivity index (χ3v) is 6.96. The van der Waals surface area contributed by atoms with Crippen molar-refractivity contribution in [1.29, 1.82) is 0 Å². The average molecular weight is 434 g/mol. The fourth-order valence-electron chi connectivity index (χ4n) is 2.87. The number of fused-ring (bicyclic) bond motifs is 1. The van der Waals surface area contributed by atoms with Crippen LogP contribution in [-0.2, 0) is 21.4 Å². The van der Waals surface area contributed by atoms with Crippen LogP contribution in [0.5, 0.6) is 5.75 Å². The van der Waals surface area contributed by atoms with Crippen molar-refractivity contribution in [2.75, 3.05) is 16.6 Å². The van der Waals surface area contributed by atoms with Gasteiger partial charge in [0.25, 0.3) is 5.91 Å². The number of rotatable bonds is 6. The molecule has 2 aromatic heterocycles. The van der Waals surface area contributed by atoms with Crippen LogP contribution in [0.3, 0.4) is 0 Å². The van der Waals surface area contributed by atoms with E-state index >= 15 is 0 Å². The Morgan fingerprint density at radius 3 is 2.90 bits per heavy atom. The zero-order valence-electron chi connectivity index (χ0n) is 15.4. The summed E-state index contributed by atoms with van der Waals surface area (Å²) in [6, 6.07) is 10.5. The molecule has 1 aliphatic heterocycles. The van der Waals surface area contributed by atoms with E-state index in [-0.39, 0.29) is 24.7 Å². The van der Waals surface area contributed by atoms with Crippen LogP contribution in [0.25, 0.3) is 10.7 Å². The molecular weight excluding hydrogens is 416 g/mol. The molecule has 3 aromatic rings. The maximum absolute atomic E-state index is 12.6. The predicted molar refractivity (Wildman–Crippen MR) is 107 cm³/mol. The van der Waals surface area contributed by atoms with Crippen molar-refractivity contribution in [1.82, 2.24) is 15.5 Å². The minimum Gasteiger partial charge on any atom is -0.476 e. The largest absolute Gasteiger partial charge is 0.476 e. The lowest BCUT2D eigenvalue weighted by Gasteiger charge is -2.34. The number of nitrogens with zero attached hydrogens (tertiary/aromatic N) is 3. The molecule has 0 saturated carbocycles. The first-order valence-electron chi connectivity index (χ1n) is 8.88. The first kappa shape index (κ1) is 19.4. The van der Waals surface area contributed by atoms with E-state index in [4.69, 9.17) is 9.26 Å². The molecule has 0 fully saturated rings. The highest BCUT2D eigenvalue weighted by Gasteiger charge is 2.35. The third kappa shape index (κ3) is 3.96. The van der Waals surface area contributed by atoms with Gasteiger partial charge in [-0.15, -0.1) is 11.3 Å². The van der Waals surface area contributed by atoms with Gasteiger partial charge in [0.2, 0.25) is 21.7 Å². The summed E-state index contributed by atoms with van der Waals surface area (Å²) < 4.78 is 37.1. The van der Waals surface area contributed by atoms with Crippen LogP contribution in [0.15, 0.2) is 46.3 Å². The van der Waals surface area contributed by atoms with Gasteiger partial charge in [-0.3, -0.25) is 9.10 Å². The molecule has 0 aliphatic carbocycles. The lowest BCUT2D eigenvalue weighted by Crippen LogP contribution is -2.50. The lowest BCUT2D eigenvalue weighted by molar-refractivity contribution is -0.128. The number of sulfonamides is 1. The Morgan fingerprint density at radius 1 is 1.31 bits per heavy atom. The van der Waals surface area contributed by atoms with Crippen molar-refractivity contribution in [3.05, 3.63) is 47.7 Å². The van der Waals surface area contributed by atoms with Gasteiger partial charge in [-0.1, -0.05) is 23.4 Å². The molecular formula is C18H18N4O5S2. The molecule has 0 saturated heterocycles. The number of anilines is 1. The minimum atomic E-state index is -3.56. The number of ether oxygens (including phenoxy) is 1. The lowest BCUT2D eigenvalue weighted by atomic mass is 10.2. The van der Waals surface area contributed by atoms with Crippen molar-refractivity contribution in [3.63, 3.8) is 0 Å². The summed E-state index contributed by atoms with van der Waals surface area (Å²) in [5, 5.41) is 8.46. The van der Waals surface area contributed by atoms with Gasteiger partial charge in [0.15, 0.2) is 6.10 Å². The number of aromatic nitrogens is 2. The molecule has 11 heteroatoms. The van der Waals surface area contributed by atoms with Gasteiger partial charge < -0.3 is 14.6 Å². The molecule has 4 rings (SSSR count). The molecule has 1 amide bonds. The normalized spacial score (nSPS) is 16.2. The molecule has 29 heavy (non-hydrogen) atoms. The Labute approximate surface area is 171 Å². The van der Waals surface area contributed by atoms with E-state index in [9.17, 15) is 13.2 Å². The van der Waals surface area contributed by atoms with Crippen LogP contribution in [-0.4, -0.2) is 42.9 Å². The second-order valence-corrected chi connectivity index (χ2v) is 9.34. The number of carbonyl (C=O) groups excluding carboxylic acids is 1. The van der Waals surface area contributed by atoms with Crippen molar-refractivity contribution in [2.45, 2.75) is 19.6 Å². The molecule has 0 unspecified atom stereocenters. The smallest absolute Gasteiger partial charge is 0.263 e. The van der Waals surface area contributed by atoms with E-state index in [2.05, 4.69) is 15.5 Å². The number of amides is 1. The quantitative estimate of drug-likeness (QED) is 0.631. The van der Waals surface area contributed by atoms with Crippen LogP contribution in [0, 0.1) is 0 Å². The summed E-state index contributed by atoms with van der Waals surface area (Å²) in [6.07, 6.45) is -0.995. The van der Waals surface area contributed by atoms with Gasteiger partial charge in [-0.05, 0) is 30.5 Å². The molecule has 1 aliphatic rings. The highest BCUT2D eigenvalue weighted by molar-refractivity contribution is 7.92. The van der Waals surface area contributed by atoms with Gasteiger partial charge in [-0.25, -0.2) is 8.42 Å².